The average molecular weight is 604 g/mol. The van der Waals surface area contributed by atoms with Gasteiger partial charge in [0.1, 0.15) is 28.8 Å². The summed E-state index contributed by atoms with van der Waals surface area (Å²) in [6.07, 6.45) is 0.238. The summed E-state index contributed by atoms with van der Waals surface area (Å²) in [4.78, 5) is 30.8. The van der Waals surface area contributed by atoms with E-state index in [9.17, 15) is 18.0 Å². The number of aromatic nitrogens is 4. The molecule has 3 heterocycles. The first-order chi connectivity index (χ1) is 19.9. The summed E-state index contributed by atoms with van der Waals surface area (Å²) in [5.74, 6) is 1.02. The molecule has 228 valence electrons. The molecule has 1 aromatic carbocycles. The Bertz CT molecular complexity index is 1530. The number of sulfonamides is 1. The number of nitrogens with zero attached hydrogens (tertiary/aromatic N) is 5. The summed E-state index contributed by atoms with van der Waals surface area (Å²) >= 11 is 0. The number of aryl methyl sites for hydroxylation is 3. The highest BCUT2D eigenvalue weighted by Gasteiger charge is 2.33. The van der Waals surface area contributed by atoms with Crippen molar-refractivity contribution >= 4 is 21.8 Å². The highest BCUT2D eigenvalue weighted by atomic mass is 32.2. The molecule has 2 amide bonds. The summed E-state index contributed by atoms with van der Waals surface area (Å²) in [6.45, 7) is 8.78. The summed E-state index contributed by atoms with van der Waals surface area (Å²) in [5.41, 5.74) is 0.547. The maximum absolute atomic E-state index is 13.7. The summed E-state index contributed by atoms with van der Waals surface area (Å²) < 4.78 is 46.7. The van der Waals surface area contributed by atoms with Gasteiger partial charge < -0.3 is 24.6 Å². The predicted octanol–water partition coefficient (Wildman–Crippen LogP) is 1.92. The van der Waals surface area contributed by atoms with Crippen LogP contribution in [0.1, 0.15) is 59.8 Å². The van der Waals surface area contributed by atoms with Gasteiger partial charge in [-0.3, -0.25) is 9.59 Å². The van der Waals surface area contributed by atoms with Gasteiger partial charge >= 0.3 is 0 Å². The van der Waals surface area contributed by atoms with Crippen molar-refractivity contribution in [3.05, 3.63) is 46.9 Å². The van der Waals surface area contributed by atoms with E-state index < -0.39 is 28.5 Å². The number of benzene rings is 1. The minimum atomic E-state index is -4.16. The third kappa shape index (κ3) is 6.73. The molecule has 42 heavy (non-hydrogen) atoms. The Balaban J connectivity index is 1.71. The zero-order valence-electron chi connectivity index (χ0n) is 24.6. The molecule has 4 rings (SSSR count). The van der Waals surface area contributed by atoms with E-state index >= 15 is 0 Å². The molecule has 15 heteroatoms. The second kappa shape index (κ2) is 12.9. The fraction of sp³-hybridized carbons (Fsp3) is 0.519. The second-order valence-corrected chi connectivity index (χ2v) is 12.2. The summed E-state index contributed by atoms with van der Waals surface area (Å²) in [5, 5.41) is 14.0. The van der Waals surface area contributed by atoms with E-state index in [2.05, 4.69) is 25.9 Å². The van der Waals surface area contributed by atoms with E-state index in [1.807, 2.05) is 13.8 Å². The lowest BCUT2D eigenvalue weighted by Crippen LogP contribution is -2.44. The van der Waals surface area contributed by atoms with Gasteiger partial charge in [-0.2, -0.15) is 9.40 Å². The van der Waals surface area contributed by atoms with Crippen molar-refractivity contribution in [2.75, 3.05) is 33.4 Å². The van der Waals surface area contributed by atoms with Crippen molar-refractivity contribution in [3.8, 4) is 11.5 Å². The fourth-order valence-electron chi connectivity index (χ4n) is 4.76. The molecule has 0 radical (unpaired) electrons. The number of carbonyl (C=O) groups is 2. The van der Waals surface area contributed by atoms with Gasteiger partial charge in [0.25, 0.3) is 5.91 Å². The lowest BCUT2D eigenvalue weighted by molar-refractivity contribution is -0.122. The molecule has 0 spiro atoms. The average Bonchev–Trinajstić information content (AvgIpc) is 3.48. The number of fused-ring (bicyclic) bond motifs is 3. The Morgan fingerprint density at radius 3 is 2.57 bits per heavy atom. The van der Waals surface area contributed by atoms with Crippen LogP contribution in [0.4, 0.5) is 0 Å². The number of carbonyl (C=O) groups excluding carboxylic acids is 2. The molecule has 1 atom stereocenters. The van der Waals surface area contributed by atoms with Crippen LogP contribution in [0.2, 0.25) is 0 Å². The molecule has 0 aliphatic carbocycles. The Morgan fingerprint density at radius 2 is 1.90 bits per heavy atom. The zero-order valence-corrected chi connectivity index (χ0v) is 25.4. The van der Waals surface area contributed by atoms with Crippen LogP contribution in [0.15, 0.2) is 27.6 Å². The van der Waals surface area contributed by atoms with E-state index in [1.165, 1.54) is 21.0 Å². The molecule has 1 aliphatic heterocycles. The first-order valence-corrected chi connectivity index (χ1v) is 15.1. The van der Waals surface area contributed by atoms with E-state index in [0.29, 0.717) is 35.3 Å². The summed E-state index contributed by atoms with van der Waals surface area (Å²) in [6, 6.07) is 4.30. The number of amides is 2. The van der Waals surface area contributed by atoms with Crippen LogP contribution < -0.4 is 20.1 Å². The van der Waals surface area contributed by atoms with E-state index in [4.69, 9.17) is 14.0 Å². The van der Waals surface area contributed by atoms with Crippen molar-refractivity contribution in [3.63, 3.8) is 0 Å². The third-order valence-corrected chi connectivity index (χ3v) is 8.90. The Hall–Kier alpha value is -3.98. The minimum absolute atomic E-state index is 0.0430. The Morgan fingerprint density at radius 1 is 1.14 bits per heavy atom. The number of hydrogen-bond acceptors (Lipinski definition) is 10. The van der Waals surface area contributed by atoms with Crippen LogP contribution in [-0.2, 0) is 21.4 Å². The molecule has 0 saturated heterocycles. The van der Waals surface area contributed by atoms with Crippen molar-refractivity contribution in [2.45, 2.75) is 58.5 Å². The third-order valence-electron chi connectivity index (χ3n) is 6.81. The van der Waals surface area contributed by atoms with Crippen molar-refractivity contribution in [2.24, 2.45) is 5.92 Å². The molecule has 0 unspecified atom stereocenters. The SMILES string of the molecule is COc1ccc2cc1OCCn1nc(C)nc1[C@H](C(C)C)NC(=O)CN(S(=O)(=O)c1c(C)noc1C)CCCNC2=O. The van der Waals surface area contributed by atoms with Gasteiger partial charge in [-0.15, -0.1) is 0 Å². The molecule has 2 aromatic heterocycles. The maximum Gasteiger partial charge on any atom is 0.251 e. The molecule has 2 N–H and O–H groups in total. The number of methoxy groups -OCH3 is 1. The van der Waals surface area contributed by atoms with Gasteiger partial charge in [0.05, 0.1) is 26.2 Å². The molecule has 0 saturated carbocycles. The lowest BCUT2D eigenvalue weighted by Gasteiger charge is -2.26. The van der Waals surface area contributed by atoms with Gasteiger partial charge in [0, 0.05) is 18.7 Å². The quantitative estimate of drug-likeness (QED) is 0.449. The fourth-order valence-corrected chi connectivity index (χ4v) is 6.49. The summed E-state index contributed by atoms with van der Waals surface area (Å²) in [7, 11) is -2.65. The van der Waals surface area contributed by atoms with Crippen LogP contribution >= 0.6 is 0 Å². The molecule has 3 aromatic rings. The normalized spacial score (nSPS) is 17.9. The monoisotopic (exact) mass is 603 g/mol. The number of hydrogen-bond donors (Lipinski definition) is 2. The van der Waals surface area contributed by atoms with E-state index in [0.717, 1.165) is 4.31 Å². The highest BCUT2D eigenvalue weighted by molar-refractivity contribution is 7.89. The Labute approximate surface area is 244 Å². The van der Waals surface area contributed by atoms with Gasteiger partial charge in [-0.25, -0.2) is 18.1 Å². The first kappa shape index (κ1) is 31.0. The van der Waals surface area contributed by atoms with Crippen molar-refractivity contribution in [1.82, 2.24) is 34.9 Å². The lowest BCUT2D eigenvalue weighted by atomic mass is 10.0. The van der Waals surface area contributed by atoms with Crippen LogP contribution in [0, 0.1) is 26.7 Å². The predicted molar refractivity (Wildman–Crippen MR) is 151 cm³/mol. The molecule has 14 nitrogen and oxygen atoms in total. The topological polar surface area (TPSA) is 171 Å². The Kier molecular flexibility index (Phi) is 9.51. The zero-order chi connectivity index (χ0) is 30.6. The first-order valence-electron chi connectivity index (χ1n) is 13.6. The van der Waals surface area contributed by atoms with E-state index in [1.54, 1.807) is 29.8 Å². The largest absolute Gasteiger partial charge is 0.493 e. The number of rotatable bonds is 4. The maximum atomic E-state index is 13.7. The molecule has 1 aliphatic rings. The minimum Gasteiger partial charge on any atom is -0.493 e. The second-order valence-electron chi connectivity index (χ2n) is 10.3. The van der Waals surface area contributed by atoms with Gasteiger partial charge in [-0.1, -0.05) is 19.0 Å². The van der Waals surface area contributed by atoms with Crippen LogP contribution in [0.25, 0.3) is 0 Å². The number of ether oxygens (including phenoxy) is 2. The van der Waals surface area contributed by atoms with Crippen molar-refractivity contribution in [1.29, 1.82) is 0 Å². The molecular formula is C27H37N7O7S. The molecule has 0 fully saturated rings. The van der Waals surface area contributed by atoms with Crippen LogP contribution in [-0.4, -0.2) is 77.8 Å². The van der Waals surface area contributed by atoms with Gasteiger partial charge in [0.15, 0.2) is 17.3 Å². The standard InChI is InChI=1S/C27H37N7O7S/c1-16(2)24-26-29-19(5)31-34(26)12-13-40-22-14-20(8-9-21(22)39-6)27(36)28-10-7-11-33(15-23(35)30-24)42(37,38)25-17(3)32-41-18(25)4/h8-9,14,16,24H,7,10-13,15H2,1-6H3,(H,28,36)(H,30,35)/t24-/m0/s1. The van der Waals surface area contributed by atoms with Crippen LogP contribution in [0.3, 0.4) is 0 Å². The van der Waals surface area contributed by atoms with Crippen molar-refractivity contribution < 1.29 is 32.0 Å². The molecular weight excluding hydrogens is 566 g/mol. The van der Waals surface area contributed by atoms with Crippen LogP contribution in [0.5, 0.6) is 11.5 Å². The van der Waals surface area contributed by atoms with Gasteiger partial charge in [-0.05, 0) is 51.3 Å². The smallest absolute Gasteiger partial charge is 0.251 e. The highest BCUT2D eigenvalue weighted by Crippen LogP contribution is 2.29. The van der Waals surface area contributed by atoms with E-state index in [-0.39, 0.29) is 54.3 Å². The van der Waals surface area contributed by atoms with Gasteiger partial charge in [0.2, 0.25) is 15.9 Å². The molecule has 2 bridgehead atoms. The number of nitrogens with one attached hydrogen (secondary N) is 2.